The van der Waals surface area contributed by atoms with Gasteiger partial charge in [-0.15, -0.1) is 10.2 Å². The van der Waals surface area contributed by atoms with Gasteiger partial charge in [-0.05, 0) is 31.2 Å². The lowest BCUT2D eigenvalue weighted by Gasteiger charge is -2.06. The van der Waals surface area contributed by atoms with Gasteiger partial charge in [0.15, 0.2) is 0 Å². The lowest BCUT2D eigenvalue weighted by Crippen LogP contribution is -2.17. The van der Waals surface area contributed by atoms with Crippen LogP contribution in [0.4, 0.5) is 4.39 Å². The highest BCUT2D eigenvalue weighted by Crippen LogP contribution is 2.20. The van der Waals surface area contributed by atoms with Crippen LogP contribution in [-0.2, 0) is 6.42 Å². The average Bonchev–Trinajstić information content (AvgIpc) is 2.81. The fourth-order valence-corrected chi connectivity index (χ4v) is 2.59. The molecule has 0 aliphatic carbocycles. The molecule has 18 heavy (non-hydrogen) atoms. The summed E-state index contributed by atoms with van der Waals surface area (Å²) in [6.07, 6.45) is 0.705. The number of benzene rings is 1. The summed E-state index contributed by atoms with van der Waals surface area (Å²) >= 11 is 1.60. The van der Waals surface area contributed by atoms with E-state index in [9.17, 15) is 4.39 Å². The van der Waals surface area contributed by atoms with Crippen LogP contribution in [0.2, 0.25) is 0 Å². The summed E-state index contributed by atoms with van der Waals surface area (Å²) in [5.74, 6) is -0.211. The highest BCUT2D eigenvalue weighted by atomic mass is 32.1. The normalized spacial score (nSPS) is 12.6. The Morgan fingerprint density at radius 2 is 2.00 bits per heavy atom. The van der Waals surface area contributed by atoms with Crippen LogP contribution in [0.5, 0.6) is 0 Å². The summed E-state index contributed by atoms with van der Waals surface area (Å²) < 4.78 is 12.8. The van der Waals surface area contributed by atoms with Crippen molar-refractivity contribution in [2.75, 3.05) is 6.54 Å². The molecule has 2 rings (SSSR count). The van der Waals surface area contributed by atoms with E-state index in [-0.39, 0.29) is 11.9 Å². The van der Waals surface area contributed by atoms with Crippen LogP contribution in [0.1, 0.15) is 35.5 Å². The molecule has 0 fully saturated rings. The van der Waals surface area contributed by atoms with Gasteiger partial charge in [-0.2, -0.15) is 0 Å². The molecule has 1 N–H and O–H groups in total. The van der Waals surface area contributed by atoms with E-state index >= 15 is 0 Å². The fourth-order valence-electron chi connectivity index (χ4n) is 1.68. The fraction of sp³-hybridized carbons (Fsp3) is 0.385. The van der Waals surface area contributed by atoms with Crippen molar-refractivity contribution in [2.24, 2.45) is 0 Å². The van der Waals surface area contributed by atoms with Crippen molar-refractivity contribution in [3.63, 3.8) is 0 Å². The number of nitrogens with one attached hydrogen (secondary N) is 1. The zero-order chi connectivity index (χ0) is 13.0. The largest absolute Gasteiger partial charge is 0.308 e. The predicted octanol–water partition coefficient (Wildman–Crippen LogP) is 2.94. The van der Waals surface area contributed by atoms with E-state index < -0.39 is 0 Å². The van der Waals surface area contributed by atoms with Crippen molar-refractivity contribution in [1.29, 1.82) is 0 Å². The highest BCUT2D eigenvalue weighted by molar-refractivity contribution is 7.11. The first-order valence-electron chi connectivity index (χ1n) is 5.99. The van der Waals surface area contributed by atoms with E-state index in [0.29, 0.717) is 6.42 Å². The van der Waals surface area contributed by atoms with E-state index in [0.717, 1.165) is 22.1 Å². The topological polar surface area (TPSA) is 37.8 Å². The standard InChI is InChI=1S/C13H16FN3S/c1-3-15-9(2)13-17-16-12(18-13)8-10-4-6-11(14)7-5-10/h4-7,9,15H,3,8H2,1-2H3. The monoisotopic (exact) mass is 265 g/mol. The van der Waals surface area contributed by atoms with Gasteiger partial charge in [-0.25, -0.2) is 4.39 Å². The Bertz CT molecular complexity index is 495. The van der Waals surface area contributed by atoms with E-state index in [1.807, 2.05) is 0 Å². The average molecular weight is 265 g/mol. The van der Waals surface area contributed by atoms with Gasteiger partial charge in [0.2, 0.25) is 0 Å². The minimum atomic E-state index is -0.211. The van der Waals surface area contributed by atoms with Gasteiger partial charge in [0.25, 0.3) is 0 Å². The molecule has 3 nitrogen and oxygen atoms in total. The number of hydrogen-bond acceptors (Lipinski definition) is 4. The molecule has 1 unspecified atom stereocenters. The zero-order valence-electron chi connectivity index (χ0n) is 10.5. The molecule has 2 aromatic rings. The maximum absolute atomic E-state index is 12.8. The molecule has 0 saturated heterocycles. The maximum atomic E-state index is 12.8. The third-order valence-electron chi connectivity index (χ3n) is 2.63. The van der Waals surface area contributed by atoms with Crippen molar-refractivity contribution >= 4 is 11.3 Å². The summed E-state index contributed by atoms with van der Waals surface area (Å²) in [5, 5.41) is 13.6. The van der Waals surface area contributed by atoms with E-state index in [2.05, 4.69) is 29.4 Å². The van der Waals surface area contributed by atoms with E-state index in [1.165, 1.54) is 12.1 Å². The van der Waals surface area contributed by atoms with Gasteiger partial charge in [0, 0.05) is 6.42 Å². The van der Waals surface area contributed by atoms with Gasteiger partial charge in [0.05, 0.1) is 6.04 Å². The quantitative estimate of drug-likeness (QED) is 0.903. The molecule has 0 radical (unpaired) electrons. The summed E-state index contributed by atoms with van der Waals surface area (Å²) in [4.78, 5) is 0. The van der Waals surface area contributed by atoms with Crippen molar-refractivity contribution in [3.05, 3.63) is 45.7 Å². The van der Waals surface area contributed by atoms with Crippen LogP contribution in [0.3, 0.4) is 0 Å². The van der Waals surface area contributed by atoms with Crippen molar-refractivity contribution in [2.45, 2.75) is 26.3 Å². The molecule has 1 aromatic carbocycles. The van der Waals surface area contributed by atoms with Gasteiger partial charge in [-0.1, -0.05) is 30.4 Å². The molecular weight excluding hydrogens is 249 g/mol. The van der Waals surface area contributed by atoms with Crippen LogP contribution in [0, 0.1) is 5.82 Å². The number of aromatic nitrogens is 2. The summed E-state index contributed by atoms with van der Waals surface area (Å²) in [6, 6.07) is 6.74. The first kappa shape index (κ1) is 13.1. The molecule has 96 valence electrons. The molecule has 0 bridgehead atoms. The van der Waals surface area contributed by atoms with Crippen molar-refractivity contribution in [3.8, 4) is 0 Å². The minimum absolute atomic E-state index is 0.211. The smallest absolute Gasteiger partial charge is 0.134 e. The number of nitrogens with zero attached hydrogens (tertiary/aromatic N) is 2. The second-order valence-corrected chi connectivity index (χ2v) is 5.21. The lowest BCUT2D eigenvalue weighted by atomic mass is 10.2. The molecule has 0 saturated carbocycles. The Morgan fingerprint density at radius 3 is 2.67 bits per heavy atom. The Hall–Kier alpha value is -1.33. The number of halogens is 1. The Balaban J connectivity index is 2.04. The van der Waals surface area contributed by atoms with Crippen molar-refractivity contribution in [1.82, 2.24) is 15.5 Å². The van der Waals surface area contributed by atoms with Crippen LogP contribution in [0.15, 0.2) is 24.3 Å². The molecule has 0 spiro atoms. The Morgan fingerprint density at radius 1 is 1.28 bits per heavy atom. The number of rotatable bonds is 5. The second-order valence-electron chi connectivity index (χ2n) is 4.12. The van der Waals surface area contributed by atoms with Gasteiger partial charge in [-0.3, -0.25) is 0 Å². The maximum Gasteiger partial charge on any atom is 0.134 e. The summed E-state index contributed by atoms with van der Waals surface area (Å²) in [7, 11) is 0. The van der Waals surface area contributed by atoms with Crippen LogP contribution in [-0.4, -0.2) is 16.7 Å². The number of hydrogen-bond donors (Lipinski definition) is 1. The molecule has 0 amide bonds. The van der Waals surface area contributed by atoms with Crippen LogP contribution >= 0.6 is 11.3 Å². The summed E-state index contributed by atoms with van der Waals surface area (Å²) in [5.41, 5.74) is 1.05. The lowest BCUT2D eigenvalue weighted by molar-refractivity contribution is 0.589. The van der Waals surface area contributed by atoms with Crippen LogP contribution < -0.4 is 5.32 Å². The molecule has 1 atom stereocenters. The highest BCUT2D eigenvalue weighted by Gasteiger charge is 2.11. The second kappa shape index (κ2) is 6.02. The van der Waals surface area contributed by atoms with E-state index in [4.69, 9.17) is 0 Å². The molecule has 0 aliphatic heterocycles. The predicted molar refractivity (Wildman–Crippen MR) is 71.2 cm³/mol. The molecule has 1 heterocycles. The van der Waals surface area contributed by atoms with Crippen LogP contribution in [0.25, 0.3) is 0 Å². The molecule has 0 aliphatic rings. The van der Waals surface area contributed by atoms with E-state index in [1.54, 1.807) is 23.5 Å². The SMILES string of the molecule is CCNC(C)c1nnc(Cc2ccc(F)cc2)s1. The van der Waals surface area contributed by atoms with Gasteiger partial charge in [0.1, 0.15) is 15.8 Å². The zero-order valence-corrected chi connectivity index (χ0v) is 11.3. The molecule has 1 aromatic heterocycles. The first-order chi connectivity index (χ1) is 8.69. The van der Waals surface area contributed by atoms with Gasteiger partial charge < -0.3 is 5.32 Å². The van der Waals surface area contributed by atoms with Gasteiger partial charge >= 0.3 is 0 Å². The third kappa shape index (κ3) is 3.34. The molecule has 5 heteroatoms. The third-order valence-corrected chi connectivity index (χ3v) is 3.74. The Kier molecular flexibility index (Phi) is 4.38. The minimum Gasteiger partial charge on any atom is -0.308 e. The Labute approximate surface area is 110 Å². The van der Waals surface area contributed by atoms with Crippen molar-refractivity contribution < 1.29 is 4.39 Å². The summed E-state index contributed by atoms with van der Waals surface area (Å²) in [6.45, 7) is 5.05. The first-order valence-corrected chi connectivity index (χ1v) is 6.80. The molecular formula is C13H16FN3S.